The minimum atomic E-state index is -0.479. The van der Waals surface area contributed by atoms with Crippen LogP contribution in [0.2, 0.25) is 0 Å². The van der Waals surface area contributed by atoms with Gasteiger partial charge in [0.1, 0.15) is 17.5 Å². The van der Waals surface area contributed by atoms with E-state index in [1.165, 1.54) is 0 Å². The molecule has 1 heterocycles. The lowest BCUT2D eigenvalue weighted by atomic mass is 10.2. The maximum atomic E-state index is 12.7. The van der Waals surface area contributed by atoms with E-state index in [1.807, 2.05) is 36.4 Å². The number of hydrogen-bond donors (Lipinski definition) is 2. The molecule has 0 spiro atoms. The van der Waals surface area contributed by atoms with Crippen molar-refractivity contribution >= 4 is 17.6 Å². The highest BCUT2D eigenvalue weighted by Crippen LogP contribution is 2.25. The number of benzene rings is 2. The van der Waals surface area contributed by atoms with Gasteiger partial charge >= 0.3 is 6.03 Å². The van der Waals surface area contributed by atoms with Crippen LogP contribution in [0.1, 0.15) is 18.4 Å². The molecule has 1 aliphatic heterocycles. The van der Waals surface area contributed by atoms with Gasteiger partial charge in [0.2, 0.25) is 5.91 Å². The first-order chi connectivity index (χ1) is 13.6. The number of rotatable bonds is 6. The molecule has 0 aromatic heterocycles. The Labute approximate surface area is 164 Å². The second-order valence-electron chi connectivity index (χ2n) is 6.55. The Morgan fingerprint density at radius 3 is 2.54 bits per heavy atom. The number of carbonyl (C=O) groups is 2. The lowest BCUT2D eigenvalue weighted by molar-refractivity contribution is -0.124. The molecule has 1 aliphatic rings. The Bertz CT molecular complexity index is 823. The predicted octanol–water partition coefficient (Wildman–Crippen LogP) is 3.02. The monoisotopic (exact) mass is 383 g/mol. The zero-order valence-corrected chi connectivity index (χ0v) is 16.1. The van der Waals surface area contributed by atoms with Gasteiger partial charge in [-0.2, -0.15) is 0 Å². The Kier molecular flexibility index (Phi) is 6.37. The molecule has 28 heavy (non-hydrogen) atoms. The molecule has 7 heteroatoms. The number of carbonyl (C=O) groups excluding carboxylic acids is 2. The molecule has 3 rings (SSSR count). The first-order valence-electron chi connectivity index (χ1n) is 9.23. The molecule has 148 valence electrons. The van der Waals surface area contributed by atoms with E-state index in [9.17, 15) is 9.59 Å². The average molecular weight is 383 g/mol. The third-order valence-electron chi connectivity index (χ3n) is 4.79. The van der Waals surface area contributed by atoms with Crippen molar-refractivity contribution in [2.75, 3.05) is 26.1 Å². The Morgan fingerprint density at radius 1 is 1.07 bits per heavy atom. The topological polar surface area (TPSA) is 79.9 Å². The molecule has 2 aromatic carbocycles. The average Bonchev–Trinajstić information content (AvgIpc) is 3.23. The van der Waals surface area contributed by atoms with Gasteiger partial charge in [-0.15, -0.1) is 0 Å². The lowest BCUT2D eigenvalue weighted by Gasteiger charge is -2.24. The fourth-order valence-electron chi connectivity index (χ4n) is 3.27. The van der Waals surface area contributed by atoms with Gasteiger partial charge in [0.15, 0.2) is 0 Å². The van der Waals surface area contributed by atoms with Crippen molar-refractivity contribution < 1.29 is 19.1 Å². The number of anilines is 1. The maximum absolute atomic E-state index is 12.7. The van der Waals surface area contributed by atoms with Crippen molar-refractivity contribution in [1.29, 1.82) is 0 Å². The number of nitrogens with one attached hydrogen (secondary N) is 2. The molecule has 1 saturated heterocycles. The van der Waals surface area contributed by atoms with Crippen molar-refractivity contribution in [3.63, 3.8) is 0 Å². The van der Waals surface area contributed by atoms with Crippen LogP contribution in [-0.4, -0.2) is 43.6 Å². The number of likely N-dealkylation sites (tertiary alicyclic amines) is 1. The number of nitrogens with zero attached hydrogens (tertiary/aromatic N) is 1. The van der Waals surface area contributed by atoms with Gasteiger partial charge in [0, 0.05) is 13.1 Å². The van der Waals surface area contributed by atoms with Gasteiger partial charge < -0.3 is 25.0 Å². The zero-order valence-electron chi connectivity index (χ0n) is 16.1. The highest BCUT2D eigenvalue weighted by molar-refractivity contribution is 5.95. The van der Waals surface area contributed by atoms with Crippen molar-refractivity contribution in [1.82, 2.24) is 10.2 Å². The molecule has 2 aromatic rings. The smallest absolute Gasteiger partial charge is 0.322 e. The van der Waals surface area contributed by atoms with Gasteiger partial charge in [-0.05, 0) is 42.7 Å². The summed E-state index contributed by atoms with van der Waals surface area (Å²) >= 11 is 0. The first kappa shape index (κ1) is 19.5. The normalized spacial score (nSPS) is 15.8. The van der Waals surface area contributed by atoms with Gasteiger partial charge in [-0.25, -0.2) is 4.79 Å². The summed E-state index contributed by atoms with van der Waals surface area (Å²) in [4.78, 5) is 26.9. The van der Waals surface area contributed by atoms with Crippen LogP contribution in [0.5, 0.6) is 11.5 Å². The molecule has 0 aliphatic carbocycles. The molecule has 0 saturated carbocycles. The summed E-state index contributed by atoms with van der Waals surface area (Å²) in [6.07, 6.45) is 1.44. The molecule has 1 atom stereocenters. The molecule has 7 nitrogen and oxygen atoms in total. The highest BCUT2D eigenvalue weighted by Gasteiger charge is 2.34. The van der Waals surface area contributed by atoms with Gasteiger partial charge in [-0.1, -0.05) is 24.3 Å². The van der Waals surface area contributed by atoms with E-state index >= 15 is 0 Å². The Morgan fingerprint density at radius 2 is 1.82 bits per heavy atom. The highest BCUT2D eigenvalue weighted by atomic mass is 16.5. The van der Waals surface area contributed by atoms with E-state index in [4.69, 9.17) is 9.47 Å². The largest absolute Gasteiger partial charge is 0.497 e. The summed E-state index contributed by atoms with van der Waals surface area (Å²) in [5.41, 5.74) is 1.55. The van der Waals surface area contributed by atoms with Crippen LogP contribution in [-0.2, 0) is 11.3 Å². The number of para-hydroxylation sites is 2. The van der Waals surface area contributed by atoms with Crippen molar-refractivity contribution in [3.8, 4) is 11.5 Å². The number of ether oxygens (including phenoxy) is 2. The predicted molar refractivity (Wildman–Crippen MR) is 107 cm³/mol. The van der Waals surface area contributed by atoms with Crippen LogP contribution < -0.4 is 20.1 Å². The maximum Gasteiger partial charge on any atom is 0.322 e. The molecule has 0 bridgehead atoms. The van der Waals surface area contributed by atoms with Crippen molar-refractivity contribution in [2.45, 2.75) is 25.4 Å². The van der Waals surface area contributed by atoms with Crippen LogP contribution in [0.4, 0.5) is 10.5 Å². The van der Waals surface area contributed by atoms with E-state index in [1.54, 1.807) is 31.3 Å². The summed E-state index contributed by atoms with van der Waals surface area (Å²) in [5.74, 6) is 1.20. The van der Waals surface area contributed by atoms with Crippen molar-refractivity contribution in [2.24, 2.45) is 0 Å². The number of methoxy groups -OCH3 is 2. The zero-order chi connectivity index (χ0) is 19.9. The van der Waals surface area contributed by atoms with Gasteiger partial charge in [-0.3, -0.25) is 4.79 Å². The SMILES string of the molecule is COc1ccc(CNC(=O)C2CCCN2C(=O)Nc2ccccc2OC)cc1. The van der Waals surface area contributed by atoms with E-state index in [2.05, 4.69) is 10.6 Å². The molecule has 3 amide bonds. The quantitative estimate of drug-likeness (QED) is 0.804. The van der Waals surface area contributed by atoms with E-state index in [0.717, 1.165) is 17.7 Å². The minimum absolute atomic E-state index is 0.150. The van der Waals surface area contributed by atoms with Crippen LogP contribution >= 0.6 is 0 Å². The van der Waals surface area contributed by atoms with Crippen LogP contribution in [0.15, 0.2) is 48.5 Å². The van der Waals surface area contributed by atoms with Gasteiger partial charge in [0.25, 0.3) is 0 Å². The standard InChI is InChI=1S/C21H25N3O4/c1-27-16-11-9-15(10-12-16)14-22-20(25)18-7-5-13-24(18)21(26)23-17-6-3-4-8-19(17)28-2/h3-4,6,8-12,18H,5,7,13-14H2,1-2H3,(H,22,25)(H,23,26). The lowest BCUT2D eigenvalue weighted by Crippen LogP contribution is -2.47. The molecule has 1 unspecified atom stereocenters. The minimum Gasteiger partial charge on any atom is -0.497 e. The Balaban J connectivity index is 1.59. The van der Waals surface area contributed by atoms with E-state index < -0.39 is 6.04 Å². The van der Waals surface area contributed by atoms with Crippen molar-refractivity contribution in [3.05, 3.63) is 54.1 Å². The molecule has 0 radical (unpaired) electrons. The fraction of sp³-hybridized carbons (Fsp3) is 0.333. The van der Waals surface area contributed by atoms with E-state index in [-0.39, 0.29) is 11.9 Å². The summed E-state index contributed by atoms with van der Waals surface area (Å²) in [5, 5.41) is 5.77. The fourth-order valence-corrected chi connectivity index (χ4v) is 3.27. The van der Waals surface area contributed by atoms with Gasteiger partial charge in [0.05, 0.1) is 19.9 Å². The number of amides is 3. The summed E-state index contributed by atoms with van der Waals surface area (Å²) in [7, 11) is 3.16. The molecule has 2 N–H and O–H groups in total. The van der Waals surface area contributed by atoms with Crippen LogP contribution in [0.25, 0.3) is 0 Å². The molecular formula is C21H25N3O4. The second-order valence-corrected chi connectivity index (χ2v) is 6.55. The summed E-state index contributed by atoms with van der Waals surface area (Å²) in [6, 6.07) is 13.9. The van der Waals surface area contributed by atoms with Crippen LogP contribution in [0, 0.1) is 0 Å². The third-order valence-corrected chi connectivity index (χ3v) is 4.79. The van der Waals surface area contributed by atoms with Crippen LogP contribution in [0.3, 0.4) is 0 Å². The first-order valence-corrected chi connectivity index (χ1v) is 9.23. The second kappa shape index (κ2) is 9.12. The van der Waals surface area contributed by atoms with E-state index in [0.29, 0.717) is 30.9 Å². The third kappa shape index (κ3) is 4.54. The number of hydrogen-bond acceptors (Lipinski definition) is 4. The summed E-state index contributed by atoms with van der Waals surface area (Å²) < 4.78 is 10.4. The Hall–Kier alpha value is -3.22. The number of urea groups is 1. The molecule has 1 fully saturated rings. The summed E-state index contributed by atoms with van der Waals surface area (Å²) in [6.45, 7) is 0.947. The molecular weight excluding hydrogens is 358 g/mol.